The standard InChI is InChI=1S/C32H56N8O11/c1-6-18(4)27(40-29(48)21(35-19(5)43)9-7-8-12-33)32(51)39-24(16-42)31(50)37-22(10-11-25(34)44)28(47)38-23(13-17(2)3)30(49)36-20(15-41)14-26(45)46/h15,17-18,20-24,27,42H,6-14,16,33H2,1-5H3,(H2,34,44)(H,35,43)(H,36,49)(H,37,50)(H,38,47)(H,39,51)(H,40,48)(H,45,46)/t18-,20-,21-,22-,23-,24-,27-/m0/s1. The summed E-state index contributed by atoms with van der Waals surface area (Å²) in [4.78, 5) is 112. The molecule has 0 radical (unpaired) electrons. The molecule has 19 nitrogen and oxygen atoms in total. The van der Waals surface area contributed by atoms with Gasteiger partial charge in [-0.15, -0.1) is 0 Å². The fourth-order valence-electron chi connectivity index (χ4n) is 4.83. The Bertz CT molecular complexity index is 1220. The van der Waals surface area contributed by atoms with Crippen molar-refractivity contribution in [3.63, 3.8) is 0 Å². The quantitative estimate of drug-likeness (QED) is 0.0316. The highest BCUT2D eigenvalue weighted by atomic mass is 16.4. The number of nitrogens with one attached hydrogen (secondary N) is 6. The number of carboxylic acids is 1. The number of rotatable bonds is 26. The number of hydrogen-bond acceptors (Lipinski definition) is 11. The lowest BCUT2D eigenvalue weighted by Gasteiger charge is -2.29. The third-order valence-electron chi connectivity index (χ3n) is 7.79. The van der Waals surface area contributed by atoms with E-state index in [1.54, 1.807) is 27.7 Å². The molecular weight excluding hydrogens is 672 g/mol. The number of amides is 7. The van der Waals surface area contributed by atoms with Gasteiger partial charge < -0.3 is 58.4 Å². The Morgan fingerprint density at radius 1 is 0.725 bits per heavy atom. The van der Waals surface area contributed by atoms with E-state index in [9.17, 15) is 48.3 Å². The zero-order chi connectivity index (χ0) is 39.3. The Kier molecular flexibility index (Phi) is 22.3. The van der Waals surface area contributed by atoms with Gasteiger partial charge in [0.1, 0.15) is 36.5 Å². The van der Waals surface area contributed by atoms with Crippen LogP contribution in [0.15, 0.2) is 0 Å². The van der Waals surface area contributed by atoms with Gasteiger partial charge >= 0.3 is 5.97 Å². The molecule has 12 N–H and O–H groups in total. The van der Waals surface area contributed by atoms with Gasteiger partial charge in [0.25, 0.3) is 0 Å². The lowest BCUT2D eigenvalue weighted by atomic mass is 9.97. The second kappa shape index (κ2) is 24.5. The van der Waals surface area contributed by atoms with Crippen molar-refractivity contribution in [1.82, 2.24) is 31.9 Å². The van der Waals surface area contributed by atoms with Gasteiger partial charge in [0.15, 0.2) is 0 Å². The van der Waals surface area contributed by atoms with E-state index in [0.29, 0.717) is 25.8 Å². The Balaban J connectivity index is 6.06. The minimum atomic E-state index is -1.64. The van der Waals surface area contributed by atoms with Crippen molar-refractivity contribution in [1.29, 1.82) is 0 Å². The summed E-state index contributed by atoms with van der Waals surface area (Å²) in [6.07, 6.45) is 0.653. The van der Waals surface area contributed by atoms with Crippen LogP contribution in [0, 0.1) is 11.8 Å². The van der Waals surface area contributed by atoms with Gasteiger partial charge in [0.05, 0.1) is 19.1 Å². The van der Waals surface area contributed by atoms with E-state index in [0.717, 1.165) is 0 Å². The van der Waals surface area contributed by atoms with Crippen molar-refractivity contribution in [2.75, 3.05) is 13.2 Å². The highest BCUT2D eigenvalue weighted by molar-refractivity contribution is 5.97. The largest absolute Gasteiger partial charge is 0.481 e. The predicted octanol–water partition coefficient (Wildman–Crippen LogP) is -2.93. The Morgan fingerprint density at radius 3 is 1.75 bits per heavy atom. The average Bonchev–Trinajstić information content (AvgIpc) is 3.05. The molecule has 0 aromatic rings. The molecule has 19 heteroatoms. The highest BCUT2D eigenvalue weighted by Crippen LogP contribution is 2.11. The molecule has 0 aliphatic heterocycles. The molecule has 7 amide bonds. The van der Waals surface area contributed by atoms with Gasteiger partial charge in [-0.25, -0.2) is 0 Å². The minimum absolute atomic E-state index is 0.0422. The number of nitrogens with two attached hydrogens (primary N) is 2. The molecule has 0 aliphatic carbocycles. The molecule has 0 spiro atoms. The lowest BCUT2D eigenvalue weighted by molar-refractivity contribution is -0.139. The normalized spacial score (nSPS) is 15.1. The van der Waals surface area contributed by atoms with Crippen LogP contribution in [0.4, 0.5) is 0 Å². The first-order chi connectivity index (χ1) is 23.9. The van der Waals surface area contributed by atoms with E-state index in [1.165, 1.54) is 6.92 Å². The molecule has 0 saturated heterocycles. The lowest BCUT2D eigenvalue weighted by Crippen LogP contribution is -2.61. The number of aldehydes is 1. The molecule has 51 heavy (non-hydrogen) atoms. The summed E-state index contributed by atoms with van der Waals surface area (Å²) in [5.74, 6) is -7.61. The van der Waals surface area contributed by atoms with Crippen molar-refractivity contribution in [3.05, 3.63) is 0 Å². The summed E-state index contributed by atoms with van der Waals surface area (Å²) in [6, 6.07) is -7.96. The molecule has 0 heterocycles. The number of carboxylic acid groups (broad SMARTS) is 1. The SMILES string of the molecule is CC[C@H](C)[C@H](NC(=O)[C@H](CCCCN)NC(C)=O)C(=O)N[C@@H](CO)C(=O)N[C@@H](CCC(N)=O)C(=O)N[C@@H](CC(C)C)C(=O)N[C@H](C=O)CC(=O)O. The van der Waals surface area contributed by atoms with Crippen LogP contribution in [-0.2, 0) is 43.2 Å². The Hall–Kier alpha value is -4.65. The fourth-order valence-corrected chi connectivity index (χ4v) is 4.83. The summed E-state index contributed by atoms with van der Waals surface area (Å²) < 4.78 is 0. The molecule has 0 unspecified atom stereocenters. The number of hydrogen-bond donors (Lipinski definition) is 10. The van der Waals surface area contributed by atoms with E-state index in [4.69, 9.17) is 16.6 Å². The number of aliphatic carboxylic acids is 1. The Labute approximate surface area is 297 Å². The van der Waals surface area contributed by atoms with Gasteiger partial charge in [-0.3, -0.25) is 38.4 Å². The van der Waals surface area contributed by atoms with E-state index in [2.05, 4.69) is 31.9 Å². The maximum absolute atomic E-state index is 13.4. The zero-order valence-electron chi connectivity index (χ0n) is 30.0. The molecule has 0 aromatic heterocycles. The summed E-state index contributed by atoms with van der Waals surface area (Å²) in [5.41, 5.74) is 10.8. The maximum Gasteiger partial charge on any atom is 0.305 e. The number of carbonyl (C=O) groups is 9. The number of unbranched alkanes of at least 4 members (excludes halogenated alkanes) is 1. The van der Waals surface area contributed by atoms with Gasteiger partial charge in [0, 0.05) is 13.3 Å². The van der Waals surface area contributed by atoms with Crippen molar-refractivity contribution >= 4 is 53.6 Å². The molecule has 0 fully saturated rings. The molecule has 0 bridgehead atoms. The molecule has 290 valence electrons. The third kappa shape index (κ3) is 18.8. The third-order valence-corrected chi connectivity index (χ3v) is 7.79. The summed E-state index contributed by atoms with van der Waals surface area (Å²) in [6.45, 7) is 7.59. The maximum atomic E-state index is 13.4. The van der Waals surface area contributed by atoms with E-state index in [1.807, 2.05) is 0 Å². The van der Waals surface area contributed by atoms with Crippen molar-refractivity contribution in [3.8, 4) is 0 Å². The van der Waals surface area contributed by atoms with Crippen molar-refractivity contribution in [2.24, 2.45) is 23.3 Å². The average molecular weight is 729 g/mol. The van der Waals surface area contributed by atoms with Crippen LogP contribution >= 0.6 is 0 Å². The first kappa shape index (κ1) is 46.4. The molecule has 7 atom stereocenters. The van der Waals surface area contributed by atoms with Crippen LogP contribution in [-0.4, -0.2) is 113 Å². The van der Waals surface area contributed by atoms with Crippen LogP contribution in [0.3, 0.4) is 0 Å². The summed E-state index contributed by atoms with van der Waals surface area (Å²) in [5, 5.41) is 33.6. The second-order valence-electron chi connectivity index (χ2n) is 12.8. The number of aliphatic hydroxyl groups is 1. The molecule has 0 rings (SSSR count). The molecule has 0 aliphatic rings. The van der Waals surface area contributed by atoms with Crippen LogP contribution in [0.2, 0.25) is 0 Å². The number of aliphatic hydroxyl groups excluding tert-OH is 1. The van der Waals surface area contributed by atoms with Gasteiger partial charge in [-0.2, -0.15) is 0 Å². The van der Waals surface area contributed by atoms with E-state index >= 15 is 0 Å². The van der Waals surface area contributed by atoms with Gasteiger partial charge in [0.2, 0.25) is 41.4 Å². The minimum Gasteiger partial charge on any atom is -0.481 e. The summed E-state index contributed by atoms with van der Waals surface area (Å²) >= 11 is 0. The fraction of sp³-hybridized carbons (Fsp3) is 0.719. The van der Waals surface area contributed by atoms with Gasteiger partial charge in [-0.1, -0.05) is 34.1 Å². The number of primary amides is 1. The van der Waals surface area contributed by atoms with Crippen LogP contribution in [0.1, 0.15) is 86.0 Å². The highest BCUT2D eigenvalue weighted by Gasteiger charge is 2.34. The zero-order valence-corrected chi connectivity index (χ0v) is 30.0. The molecule has 0 saturated carbocycles. The van der Waals surface area contributed by atoms with Gasteiger partial charge in [-0.05, 0) is 50.5 Å². The van der Waals surface area contributed by atoms with Crippen LogP contribution in [0.5, 0.6) is 0 Å². The smallest absolute Gasteiger partial charge is 0.305 e. The first-order valence-electron chi connectivity index (χ1n) is 17.0. The molecule has 0 aromatic carbocycles. The number of carbonyl (C=O) groups excluding carboxylic acids is 8. The molecular formula is C32H56N8O11. The second-order valence-corrected chi connectivity index (χ2v) is 12.8. The monoisotopic (exact) mass is 728 g/mol. The predicted molar refractivity (Wildman–Crippen MR) is 183 cm³/mol. The first-order valence-corrected chi connectivity index (χ1v) is 17.0. The van der Waals surface area contributed by atoms with Crippen molar-refractivity contribution in [2.45, 2.75) is 122 Å². The summed E-state index contributed by atoms with van der Waals surface area (Å²) in [7, 11) is 0. The van der Waals surface area contributed by atoms with Crippen LogP contribution < -0.4 is 43.4 Å². The van der Waals surface area contributed by atoms with E-state index < -0.39 is 103 Å². The van der Waals surface area contributed by atoms with Crippen molar-refractivity contribution < 1.29 is 53.4 Å². The topological polar surface area (TPSA) is 318 Å². The Morgan fingerprint density at radius 2 is 1.25 bits per heavy atom. The van der Waals surface area contributed by atoms with E-state index in [-0.39, 0.29) is 37.9 Å². The van der Waals surface area contributed by atoms with Crippen LogP contribution in [0.25, 0.3) is 0 Å².